The third kappa shape index (κ3) is 14.6. The second kappa shape index (κ2) is 28.5. The number of alkyl halides is 3. The average molecular weight is 1370 g/mol. The molecule has 0 saturated carbocycles. The molecule has 6 heterocycles. The molecule has 4 aromatic heterocycles. The molecule has 2 aliphatic rings. The summed E-state index contributed by atoms with van der Waals surface area (Å²) in [5, 5.41) is 74.0. The van der Waals surface area contributed by atoms with Crippen molar-refractivity contribution < 1.29 is 79.7 Å². The number of amides is 2. The molecule has 0 bridgehead atoms. The van der Waals surface area contributed by atoms with Crippen molar-refractivity contribution in [3.05, 3.63) is 151 Å². The number of nitrogens with one attached hydrogen (secondary N) is 2. The van der Waals surface area contributed by atoms with E-state index in [1.54, 1.807) is 32.0 Å². The smallest absolute Gasteiger partial charge is 0.394 e. The summed E-state index contributed by atoms with van der Waals surface area (Å²) in [6.45, 7) is 1.90. The molecular formula is C57H55Cl4F7N14O10. The minimum atomic E-state index is -4.95. The Labute approximate surface area is 537 Å². The number of hydrogen-bond acceptors (Lipinski definition) is 18. The molecule has 2 aliphatic heterocycles. The highest BCUT2D eigenvalue weighted by Gasteiger charge is 2.52. The maximum Gasteiger partial charge on any atom is 0.418 e. The fraction of sp³-hybridized carbons (Fsp3) is 0.404. The zero-order chi connectivity index (χ0) is 66.0. The SMILES string of the molecule is Cc1nc(C2OC(CO)C(O)C(n3cc(-c4cc(F)c(Cl)c(F)c4)nn3)C2OCC(=O)NCCCCCNC(=O)COC2C(c3nc(C)nn3-c3cc(Cl)ccc3C(F)(F)F)OC(CO)C(O)C2n2cc(-c3cc(F)c(Cl)c(F)c3)nn2)n(-c2cc(Cl)ccc2C)n1. The Kier molecular flexibility index (Phi) is 21.0. The van der Waals surface area contributed by atoms with Gasteiger partial charge in [0, 0.05) is 34.3 Å². The zero-order valence-corrected chi connectivity index (χ0v) is 51.4. The predicted molar refractivity (Wildman–Crippen MR) is 312 cm³/mol. The number of halogens is 11. The van der Waals surface area contributed by atoms with Crippen LogP contribution in [0.25, 0.3) is 33.9 Å². The van der Waals surface area contributed by atoms with Gasteiger partial charge in [-0.05, 0) is 100 Å². The standard InChI is InChI=1S/C57H55Cl4F7N14O10/c1-25-7-8-30(58)17-39(25)81-55(71-26(2)75-81)53-51(47(49(87)41(21-83)91-53)79-19-37(73-77-79)28-13-33(62)45(60)34(63)14-28)89-23-43(85)69-11-5-4-6-12-70-44(86)24-90-52-48(80-20-38(74-78-80)29-15-35(64)46(61)36(65)16-29)50(88)42(22-84)92-54(52)56-72-27(3)76-82(56)40-18-31(59)9-10-32(40)57(66,67)68/h7-10,13-20,41-42,47-54,83-84,87-88H,4-6,11-12,21-24H2,1-3H3,(H,69,85)(H,70,86). The number of aliphatic hydroxyl groups excluding tert-OH is 4. The molecule has 10 unspecified atom stereocenters. The number of ether oxygens (including phenoxy) is 4. The highest BCUT2D eigenvalue weighted by atomic mass is 35.5. The van der Waals surface area contributed by atoms with Gasteiger partial charge in [0.15, 0.2) is 11.6 Å². The topological polar surface area (TPSA) is 299 Å². The number of nitrogens with zero attached hydrogens (tertiary/aromatic N) is 12. The van der Waals surface area contributed by atoms with Crippen LogP contribution < -0.4 is 10.6 Å². The second-order valence-corrected chi connectivity index (χ2v) is 23.1. The van der Waals surface area contributed by atoms with Crippen molar-refractivity contribution in [2.45, 2.75) is 107 Å². The van der Waals surface area contributed by atoms with Crippen LogP contribution in [0.1, 0.15) is 78.0 Å². The lowest BCUT2D eigenvalue weighted by molar-refractivity contribution is -0.223. The molecule has 2 fully saturated rings. The molecule has 6 N–H and O–H groups in total. The van der Waals surface area contributed by atoms with Gasteiger partial charge in [-0.2, -0.15) is 23.4 Å². The van der Waals surface area contributed by atoms with E-state index in [0.717, 1.165) is 62.1 Å². The molecule has 490 valence electrons. The number of rotatable bonds is 22. The summed E-state index contributed by atoms with van der Waals surface area (Å²) in [6, 6.07) is 8.62. The summed E-state index contributed by atoms with van der Waals surface area (Å²) >= 11 is 24.1. The highest BCUT2D eigenvalue weighted by Crippen LogP contribution is 2.44. The summed E-state index contributed by atoms with van der Waals surface area (Å²) in [5.41, 5.74) is -0.932. The maximum absolute atomic E-state index is 14.6. The summed E-state index contributed by atoms with van der Waals surface area (Å²) < 4.78 is 132. The van der Waals surface area contributed by atoms with Gasteiger partial charge < -0.3 is 50.0 Å². The van der Waals surface area contributed by atoms with Crippen LogP contribution in [-0.4, -0.2) is 168 Å². The number of aromatic nitrogens is 12. The van der Waals surface area contributed by atoms with Crippen LogP contribution in [0.3, 0.4) is 0 Å². The van der Waals surface area contributed by atoms with E-state index in [9.17, 15) is 60.7 Å². The molecular weight excluding hydrogens is 1320 g/mol. The minimum absolute atomic E-state index is 0.0425. The van der Waals surface area contributed by atoms with Gasteiger partial charge in [0.25, 0.3) is 0 Å². The third-order valence-electron chi connectivity index (χ3n) is 15.1. The second-order valence-electron chi connectivity index (χ2n) is 21.5. The Morgan fingerprint density at radius 3 is 1.45 bits per heavy atom. The lowest BCUT2D eigenvalue weighted by atomic mass is 9.91. The molecule has 92 heavy (non-hydrogen) atoms. The Bertz CT molecular complexity index is 3950. The average Bonchev–Trinajstić information content (AvgIpc) is 1.46. The van der Waals surface area contributed by atoms with Gasteiger partial charge >= 0.3 is 6.18 Å². The van der Waals surface area contributed by atoms with Gasteiger partial charge in [-0.3, -0.25) is 9.59 Å². The van der Waals surface area contributed by atoms with Crippen LogP contribution >= 0.6 is 46.4 Å². The van der Waals surface area contributed by atoms with Crippen molar-refractivity contribution in [1.82, 2.24) is 70.2 Å². The number of carbonyl (C=O) groups excluding carboxylic acids is 2. The number of hydrogen-bond donors (Lipinski definition) is 6. The first-order chi connectivity index (χ1) is 43.8. The number of unbranched alkanes of at least 4 members (excludes halogenated alkanes) is 2. The van der Waals surface area contributed by atoms with Crippen LogP contribution in [0.2, 0.25) is 20.1 Å². The first-order valence-electron chi connectivity index (χ1n) is 28.1. The largest absolute Gasteiger partial charge is 0.418 e. The van der Waals surface area contributed by atoms with Gasteiger partial charge in [-0.1, -0.05) is 62.9 Å². The Morgan fingerprint density at radius 2 is 1.02 bits per heavy atom. The van der Waals surface area contributed by atoms with E-state index in [1.807, 2.05) is 0 Å². The lowest BCUT2D eigenvalue weighted by Gasteiger charge is -2.43. The van der Waals surface area contributed by atoms with E-state index in [1.165, 1.54) is 24.0 Å². The Balaban J connectivity index is 0.815. The first kappa shape index (κ1) is 67.6. The fourth-order valence-electron chi connectivity index (χ4n) is 10.7. The van der Waals surface area contributed by atoms with Gasteiger partial charge in [-0.15, -0.1) is 10.2 Å². The van der Waals surface area contributed by atoms with Gasteiger partial charge in [0.05, 0.1) is 42.5 Å². The first-order valence-corrected chi connectivity index (χ1v) is 29.6. The summed E-state index contributed by atoms with van der Waals surface area (Å²) in [7, 11) is 0. The maximum atomic E-state index is 14.6. The fourth-order valence-corrected chi connectivity index (χ4v) is 11.3. The monoisotopic (exact) mass is 1370 g/mol. The highest BCUT2D eigenvalue weighted by molar-refractivity contribution is 6.31. The molecule has 8 aromatic rings. The van der Waals surface area contributed by atoms with Crippen LogP contribution in [-0.2, 0) is 34.7 Å². The normalized spacial score (nSPS) is 21.8. The molecule has 10 rings (SSSR count). The van der Waals surface area contributed by atoms with Crippen LogP contribution in [0.15, 0.2) is 73.1 Å². The van der Waals surface area contributed by atoms with Crippen molar-refractivity contribution in [1.29, 1.82) is 0 Å². The lowest BCUT2D eigenvalue weighted by Crippen LogP contribution is -2.54. The van der Waals surface area contributed by atoms with E-state index < -0.39 is 150 Å². The number of aryl methyl sites for hydroxylation is 3. The molecule has 2 saturated heterocycles. The van der Waals surface area contributed by atoms with Crippen molar-refractivity contribution in [3.8, 4) is 33.9 Å². The molecule has 35 heteroatoms. The Hall–Kier alpha value is -7.27. The zero-order valence-electron chi connectivity index (χ0n) is 48.3. The molecule has 24 nitrogen and oxygen atoms in total. The van der Waals surface area contributed by atoms with Crippen molar-refractivity contribution >= 4 is 58.2 Å². The van der Waals surface area contributed by atoms with E-state index in [0.29, 0.717) is 30.0 Å². The van der Waals surface area contributed by atoms with Crippen molar-refractivity contribution in [2.75, 3.05) is 39.5 Å². The summed E-state index contributed by atoms with van der Waals surface area (Å²) in [6.07, 6.45) is -13.5. The van der Waals surface area contributed by atoms with Crippen molar-refractivity contribution in [2.24, 2.45) is 0 Å². The number of aliphatic hydroxyl groups is 4. The van der Waals surface area contributed by atoms with Gasteiger partial charge in [0.1, 0.15) is 130 Å². The van der Waals surface area contributed by atoms with Gasteiger partial charge in [-0.25, -0.2) is 46.3 Å². The number of carbonyl (C=O) groups is 2. The van der Waals surface area contributed by atoms with Crippen LogP contribution in [0, 0.1) is 44.0 Å². The van der Waals surface area contributed by atoms with E-state index >= 15 is 0 Å². The number of benzene rings is 4. The third-order valence-corrected chi connectivity index (χ3v) is 16.3. The van der Waals surface area contributed by atoms with E-state index in [4.69, 9.17) is 65.4 Å². The molecule has 2 amide bonds. The molecule has 10 atom stereocenters. The van der Waals surface area contributed by atoms with E-state index in [2.05, 4.69) is 51.4 Å². The molecule has 0 aliphatic carbocycles. The quantitative estimate of drug-likeness (QED) is 0.0218. The van der Waals surface area contributed by atoms with Crippen molar-refractivity contribution in [3.63, 3.8) is 0 Å². The molecule has 4 aromatic carbocycles. The molecule has 0 radical (unpaired) electrons. The predicted octanol–water partition coefficient (Wildman–Crippen LogP) is 7.42. The van der Waals surface area contributed by atoms with Crippen LogP contribution in [0.4, 0.5) is 30.7 Å². The summed E-state index contributed by atoms with van der Waals surface area (Å²) in [5.74, 6) is -5.78. The molecule has 0 spiro atoms. The van der Waals surface area contributed by atoms with Crippen LogP contribution in [0.5, 0.6) is 0 Å². The Morgan fingerprint density at radius 1 is 0.609 bits per heavy atom. The summed E-state index contributed by atoms with van der Waals surface area (Å²) in [4.78, 5) is 36.2. The van der Waals surface area contributed by atoms with E-state index in [-0.39, 0.29) is 63.9 Å². The minimum Gasteiger partial charge on any atom is -0.394 e. The van der Waals surface area contributed by atoms with Gasteiger partial charge in [0.2, 0.25) is 11.8 Å².